The molecule has 1 amide bonds. The third kappa shape index (κ3) is 4.20. The van der Waals surface area contributed by atoms with E-state index in [4.69, 9.17) is 10.5 Å². The first-order chi connectivity index (χ1) is 16.1. The first-order valence-electron chi connectivity index (χ1n) is 11.1. The molecule has 3 N–H and O–H groups in total. The molecule has 0 saturated heterocycles. The lowest BCUT2D eigenvalue weighted by Crippen LogP contribution is -2.31. The molecule has 2 aromatic heterocycles. The minimum atomic E-state index is -0.120. The van der Waals surface area contributed by atoms with Gasteiger partial charge in [-0.1, -0.05) is 36.9 Å². The summed E-state index contributed by atoms with van der Waals surface area (Å²) >= 11 is 0. The van der Waals surface area contributed by atoms with E-state index in [0.29, 0.717) is 5.82 Å². The number of nitrogens with two attached hydrogens (primary N) is 1. The molecule has 2 aromatic carbocycles. The van der Waals surface area contributed by atoms with E-state index in [-0.39, 0.29) is 18.0 Å². The monoisotopic (exact) mass is 438 g/mol. The van der Waals surface area contributed by atoms with Crippen LogP contribution in [0, 0.1) is 0 Å². The van der Waals surface area contributed by atoms with Crippen molar-refractivity contribution in [2.24, 2.45) is 0 Å². The molecule has 1 aliphatic rings. The highest BCUT2D eigenvalue weighted by Crippen LogP contribution is 2.40. The number of para-hydroxylation sites is 1. The Hall–Kier alpha value is -4.06. The Morgan fingerprint density at radius 1 is 1.09 bits per heavy atom. The predicted octanol–water partition coefficient (Wildman–Crippen LogP) is 5.47. The number of aromatic nitrogens is 2. The number of anilines is 1. The zero-order valence-corrected chi connectivity index (χ0v) is 18.3. The van der Waals surface area contributed by atoms with Crippen molar-refractivity contribution in [3.63, 3.8) is 0 Å². The smallest absolute Gasteiger partial charge is 0.243 e. The fourth-order valence-corrected chi connectivity index (χ4v) is 4.68. The molecule has 5 rings (SSSR count). The third-order valence-corrected chi connectivity index (χ3v) is 6.25. The van der Waals surface area contributed by atoms with Crippen LogP contribution in [0.4, 0.5) is 5.82 Å². The fourth-order valence-electron chi connectivity index (χ4n) is 4.68. The van der Waals surface area contributed by atoms with Crippen molar-refractivity contribution in [2.45, 2.75) is 31.3 Å². The Morgan fingerprint density at radius 3 is 2.61 bits per heavy atom. The Morgan fingerprint density at radius 2 is 1.85 bits per heavy atom. The molecular formula is C27H26N4O2. The number of ether oxygens (including phenoxy) is 1. The molecule has 1 saturated carbocycles. The first-order valence-corrected chi connectivity index (χ1v) is 11.1. The molecule has 33 heavy (non-hydrogen) atoms. The average Bonchev–Trinajstić information content (AvgIpc) is 3.45. The maximum absolute atomic E-state index is 11.7. The summed E-state index contributed by atoms with van der Waals surface area (Å²) in [5.41, 5.74) is 9.48. The third-order valence-electron chi connectivity index (χ3n) is 6.25. The van der Waals surface area contributed by atoms with Gasteiger partial charge in [-0.25, -0.2) is 4.98 Å². The van der Waals surface area contributed by atoms with Gasteiger partial charge in [-0.05, 0) is 61.2 Å². The van der Waals surface area contributed by atoms with Crippen molar-refractivity contribution in [3.05, 3.63) is 85.7 Å². The van der Waals surface area contributed by atoms with Crippen molar-refractivity contribution >= 4 is 22.6 Å². The van der Waals surface area contributed by atoms with Crippen LogP contribution in [0.3, 0.4) is 0 Å². The highest BCUT2D eigenvalue weighted by Gasteiger charge is 2.28. The van der Waals surface area contributed by atoms with E-state index in [1.807, 2.05) is 60.7 Å². The molecule has 2 atom stereocenters. The molecular weight excluding hydrogens is 412 g/mol. The van der Waals surface area contributed by atoms with Crippen LogP contribution in [0.1, 0.15) is 25.3 Å². The average molecular weight is 439 g/mol. The lowest BCUT2D eigenvalue weighted by Gasteiger charge is -2.15. The number of nitrogens with one attached hydrogen (secondary N) is 1. The molecule has 0 bridgehead atoms. The number of hydrogen-bond donors (Lipinski definition) is 2. The minimum absolute atomic E-state index is 0.120. The van der Waals surface area contributed by atoms with E-state index in [1.54, 1.807) is 6.20 Å². The number of pyridine rings is 1. The zero-order chi connectivity index (χ0) is 22.8. The number of nitrogen functional groups attached to an aromatic ring is 1. The van der Waals surface area contributed by atoms with E-state index >= 15 is 0 Å². The minimum Gasteiger partial charge on any atom is -0.457 e. The van der Waals surface area contributed by atoms with Gasteiger partial charge >= 0.3 is 0 Å². The van der Waals surface area contributed by atoms with E-state index in [9.17, 15) is 4.79 Å². The molecule has 2 heterocycles. The molecule has 6 nitrogen and oxygen atoms in total. The van der Waals surface area contributed by atoms with Gasteiger partial charge in [-0.2, -0.15) is 0 Å². The number of rotatable bonds is 6. The van der Waals surface area contributed by atoms with Gasteiger partial charge in [0.1, 0.15) is 17.3 Å². The van der Waals surface area contributed by atoms with E-state index in [2.05, 4.69) is 27.6 Å². The molecule has 6 heteroatoms. The fraction of sp³-hybridized carbons (Fsp3) is 0.185. The van der Waals surface area contributed by atoms with E-state index in [1.165, 1.54) is 6.08 Å². The zero-order valence-electron chi connectivity index (χ0n) is 18.3. The van der Waals surface area contributed by atoms with E-state index in [0.717, 1.165) is 52.8 Å². The number of nitrogens with zero attached hydrogens (tertiary/aromatic N) is 2. The first kappa shape index (κ1) is 20.8. The maximum atomic E-state index is 11.7. The van der Waals surface area contributed by atoms with Crippen LogP contribution in [-0.2, 0) is 4.79 Å². The highest BCUT2D eigenvalue weighted by atomic mass is 16.5. The van der Waals surface area contributed by atoms with Gasteiger partial charge < -0.3 is 20.4 Å². The Labute approximate surface area is 192 Å². The summed E-state index contributed by atoms with van der Waals surface area (Å²) in [4.78, 5) is 16.1. The number of carbonyl (C=O) groups excluding carboxylic acids is 1. The second-order valence-electron chi connectivity index (χ2n) is 8.36. The number of amides is 1. The van der Waals surface area contributed by atoms with Gasteiger partial charge in [0.05, 0.1) is 5.52 Å². The van der Waals surface area contributed by atoms with Gasteiger partial charge in [-0.3, -0.25) is 4.79 Å². The number of carbonyl (C=O) groups is 1. The maximum Gasteiger partial charge on any atom is 0.243 e. The molecule has 4 aromatic rings. The van der Waals surface area contributed by atoms with Crippen LogP contribution in [0.25, 0.3) is 22.0 Å². The normalized spacial score (nSPS) is 17.7. The summed E-state index contributed by atoms with van der Waals surface area (Å²) in [6, 6.07) is 20.2. The van der Waals surface area contributed by atoms with Gasteiger partial charge in [0.2, 0.25) is 5.91 Å². The summed E-state index contributed by atoms with van der Waals surface area (Å²) in [7, 11) is 0. The Bertz CT molecular complexity index is 1300. The second kappa shape index (κ2) is 8.82. The second-order valence-corrected chi connectivity index (χ2v) is 8.36. The van der Waals surface area contributed by atoms with Crippen molar-refractivity contribution in [2.75, 3.05) is 5.73 Å². The van der Waals surface area contributed by atoms with Crippen LogP contribution in [0.5, 0.6) is 11.5 Å². The van der Waals surface area contributed by atoms with Crippen LogP contribution >= 0.6 is 0 Å². The summed E-state index contributed by atoms with van der Waals surface area (Å²) in [6.07, 6.45) is 8.03. The van der Waals surface area contributed by atoms with Crippen LogP contribution in [0.2, 0.25) is 0 Å². The quantitative estimate of drug-likeness (QED) is 0.391. The van der Waals surface area contributed by atoms with Crippen LogP contribution in [0.15, 0.2) is 85.7 Å². The van der Waals surface area contributed by atoms with E-state index < -0.39 is 0 Å². The van der Waals surface area contributed by atoms with Gasteiger partial charge in [-0.15, -0.1) is 0 Å². The summed E-state index contributed by atoms with van der Waals surface area (Å²) < 4.78 is 8.22. The van der Waals surface area contributed by atoms with Crippen molar-refractivity contribution in [3.8, 4) is 22.6 Å². The van der Waals surface area contributed by atoms with Crippen molar-refractivity contribution < 1.29 is 9.53 Å². The molecule has 0 radical (unpaired) electrons. The molecule has 166 valence electrons. The summed E-state index contributed by atoms with van der Waals surface area (Å²) in [5, 5.41) is 3.98. The molecule has 2 unspecified atom stereocenters. The number of benzene rings is 2. The molecule has 0 spiro atoms. The number of fused-ring (bicyclic) bond motifs is 1. The summed E-state index contributed by atoms with van der Waals surface area (Å²) in [5.74, 6) is 1.97. The lowest BCUT2D eigenvalue weighted by molar-refractivity contribution is -0.117. The SMILES string of the molecule is C=CC(=O)NC1CCC(n2cc(-c3ccc(Oc4ccccc4)cc3)c3c(N)nccc32)C1. The molecule has 1 aliphatic carbocycles. The van der Waals surface area contributed by atoms with Crippen LogP contribution < -0.4 is 15.8 Å². The molecule has 0 aliphatic heterocycles. The Balaban J connectivity index is 1.46. The van der Waals surface area contributed by atoms with Gasteiger partial charge in [0, 0.05) is 35.4 Å². The predicted molar refractivity (Wildman–Crippen MR) is 131 cm³/mol. The summed E-state index contributed by atoms with van der Waals surface area (Å²) in [6.45, 7) is 3.55. The lowest BCUT2D eigenvalue weighted by atomic mass is 10.1. The van der Waals surface area contributed by atoms with Crippen LogP contribution in [-0.4, -0.2) is 21.5 Å². The molecule has 1 fully saturated rings. The topological polar surface area (TPSA) is 82.2 Å². The van der Waals surface area contributed by atoms with Crippen molar-refractivity contribution in [1.82, 2.24) is 14.9 Å². The Kier molecular flexibility index (Phi) is 5.57. The van der Waals surface area contributed by atoms with Gasteiger partial charge in [0.15, 0.2) is 0 Å². The largest absolute Gasteiger partial charge is 0.457 e. The standard InChI is InChI=1S/C27H26N4O2/c1-2-25(32)30-19-10-11-20(16-19)31-17-23(26-24(31)14-15-29-27(26)28)18-8-12-22(13-9-18)33-21-6-4-3-5-7-21/h2-9,12-15,17,19-20H,1,10-11,16H2,(H2,28,29)(H,30,32). The highest BCUT2D eigenvalue weighted by molar-refractivity contribution is 6.02. The number of hydrogen-bond acceptors (Lipinski definition) is 4. The van der Waals surface area contributed by atoms with Gasteiger partial charge in [0.25, 0.3) is 0 Å². The van der Waals surface area contributed by atoms with Crippen molar-refractivity contribution in [1.29, 1.82) is 0 Å².